The van der Waals surface area contributed by atoms with Crippen LogP contribution in [0.1, 0.15) is 5.56 Å². The number of rotatable bonds is 5. The third kappa shape index (κ3) is 3.15. The molecule has 0 aliphatic rings. The van der Waals surface area contributed by atoms with E-state index in [9.17, 15) is 4.79 Å². The van der Waals surface area contributed by atoms with E-state index in [1.54, 1.807) is 13.5 Å². The second-order valence-corrected chi connectivity index (χ2v) is 2.63. The van der Waals surface area contributed by atoms with Crippen LogP contribution in [0.3, 0.4) is 0 Å². The molecular weight excluding hydrogens is 166 g/mol. The summed E-state index contributed by atoms with van der Waals surface area (Å²) in [6.45, 7) is 0.608. The predicted octanol–water partition coefficient (Wildman–Crippen LogP) is 0.894. The van der Waals surface area contributed by atoms with Crippen LogP contribution in [0.4, 0.5) is 0 Å². The van der Waals surface area contributed by atoms with Gasteiger partial charge in [0.2, 0.25) is 0 Å². The van der Waals surface area contributed by atoms with E-state index >= 15 is 0 Å². The van der Waals surface area contributed by atoms with E-state index in [1.807, 2.05) is 24.3 Å². The summed E-state index contributed by atoms with van der Waals surface area (Å²) in [5.74, 6) is 0.840. The Morgan fingerprint density at radius 2 is 2.38 bits per heavy atom. The van der Waals surface area contributed by atoms with Crippen LogP contribution in [0.5, 0.6) is 5.75 Å². The van der Waals surface area contributed by atoms with Gasteiger partial charge in [0, 0.05) is 6.54 Å². The standard InChI is InChI=1S/C10H12NO2/c1-13-10-4-2-3-9(7-10)5-6-11-8-12/h2-4,7H,5-6H2,1H3,(H,11,12). The van der Waals surface area contributed by atoms with Gasteiger partial charge in [-0.05, 0) is 24.1 Å². The lowest BCUT2D eigenvalue weighted by Crippen LogP contribution is -2.14. The molecule has 13 heavy (non-hydrogen) atoms. The van der Waals surface area contributed by atoms with Gasteiger partial charge >= 0.3 is 6.41 Å². The first-order valence-electron chi connectivity index (χ1n) is 4.09. The van der Waals surface area contributed by atoms with Gasteiger partial charge in [-0.15, -0.1) is 0 Å². The summed E-state index contributed by atoms with van der Waals surface area (Å²) in [6.07, 6.45) is 2.43. The van der Waals surface area contributed by atoms with Crippen molar-refractivity contribution in [3.05, 3.63) is 29.8 Å². The van der Waals surface area contributed by atoms with Crippen LogP contribution in [-0.4, -0.2) is 20.1 Å². The zero-order chi connectivity index (χ0) is 9.52. The summed E-state index contributed by atoms with van der Waals surface area (Å²) in [6, 6.07) is 7.77. The molecule has 3 nitrogen and oxygen atoms in total. The van der Waals surface area contributed by atoms with Crippen molar-refractivity contribution in [3.8, 4) is 5.75 Å². The molecule has 0 aliphatic heterocycles. The molecule has 0 unspecified atom stereocenters. The van der Waals surface area contributed by atoms with E-state index in [1.165, 1.54) is 0 Å². The Bertz CT molecular complexity index is 273. The topological polar surface area (TPSA) is 38.3 Å². The van der Waals surface area contributed by atoms with Crippen molar-refractivity contribution in [1.29, 1.82) is 0 Å². The molecule has 0 spiro atoms. The van der Waals surface area contributed by atoms with Crippen LogP contribution in [-0.2, 0) is 11.2 Å². The molecule has 0 fully saturated rings. The number of hydrogen-bond acceptors (Lipinski definition) is 2. The number of carbonyl (C=O) groups excluding carboxylic acids is 1. The van der Waals surface area contributed by atoms with Gasteiger partial charge in [0.05, 0.1) is 7.11 Å². The van der Waals surface area contributed by atoms with Crippen LogP contribution in [0.2, 0.25) is 0 Å². The highest BCUT2D eigenvalue weighted by molar-refractivity contribution is 5.47. The van der Waals surface area contributed by atoms with Crippen molar-refractivity contribution in [2.45, 2.75) is 6.42 Å². The van der Waals surface area contributed by atoms with Crippen molar-refractivity contribution in [1.82, 2.24) is 5.32 Å². The van der Waals surface area contributed by atoms with Gasteiger partial charge in [-0.1, -0.05) is 12.1 Å². The van der Waals surface area contributed by atoms with Crippen molar-refractivity contribution in [2.75, 3.05) is 13.7 Å². The number of ether oxygens (including phenoxy) is 1. The largest absolute Gasteiger partial charge is 0.497 e. The van der Waals surface area contributed by atoms with E-state index in [2.05, 4.69) is 5.32 Å². The van der Waals surface area contributed by atoms with E-state index in [-0.39, 0.29) is 0 Å². The maximum atomic E-state index is 9.86. The average Bonchev–Trinajstić information content (AvgIpc) is 2.19. The molecule has 1 aromatic carbocycles. The minimum Gasteiger partial charge on any atom is -0.497 e. The minimum atomic E-state index is 0.608. The normalized spacial score (nSPS) is 9.31. The highest BCUT2D eigenvalue weighted by Crippen LogP contribution is 2.12. The number of amides is 1. The number of methoxy groups -OCH3 is 1. The fraction of sp³-hybridized carbons (Fsp3) is 0.300. The molecule has 0 heterocycles. The summed E-state index contributed by atoms with van der Waals surface area (Å²) in [7, 11) is 1.64. The summed E-state index contributed by atoms with van der Waals surface area (Å²) < 4.78 is 5.06. The molecule has 3 heteroatoms. The SMILES string of the molecule is COc1cccc(CCN[C]=O)c1. The molecule has 0 aliphatic carbocycles. The van der Waals surface area contributed by atoms with Crippen LogP contribution in [0.25, 0.3) is 0 Å². The van der Waals surface area contributed by atoms with Crippen LogP contribution in [0, 0.1) is 0 Å². The van der Waals surface area contributed by atoms with E-state index in [0.29, 0.717) is 6.54 Å². The van der Waals surface area contributed by atoms with Gasteiger partial charge in [-0.3, -0.25) is 4.79 Å². The average molecular weight is 178 g/mol. The van der Waals surface area contributed by atoms with Gasteiger partial charge in [0.15, 0.2) is 0 Å². The van der Waals surface area contributed by atoms with Crippen LogP contribution < -0.4 is 10.1 Å². The second-order valence-electron chi connectivity index (χ2n) is 2.63. The Labute approximate surface area is 77.7 Å². The van der Waals surface area contributed by atoms with Gasteiger partial charge < -0.3 is 10.1 Å². The van der Waals surface area contributed by atoms with Crippen molar-refractivity contribution >= 4 is 6.41 Å². The second kappa shape index (κ2) is 5.19. The Kier molecular flexibility index (Phi) is 3.82. The van der Waals surface area contributed by atoms with Crippen molar-refractivity contribution in [2.24, 2.45) is 0 Å². The molecule has 1 N–H and O–H groups in total. The Hall–Kier alpha value is -1.51. The molecule has 0 saturated heterocycles. The Balaban J connectivity index is 2.50. The fourth-order valence-corrected chi connectivity index (χ4v) is 1.09. The smallest absolute Gasteiger partial charge is 0.309 e. The van der Waals surface area contributed by atoms with E-state index in [0.717, 1.165) is 17.7 Å². The number of nitrogens with one attached hydrogen (secondary N) is 1. The molecule has 0 aromatic heterocycles. The lowest BCUT2D eigenvalue weighted by atomic mass is 10.1. The monoisotopic (exact) mass is 178 g/mol. The van der Waals surface area contributed by atoms with Crippen molar-refractivity contribution < 1.29 is 9.53 Å². The summed E-state index contributed by atoms with van der Waals surface area (Å²) in [4.78, 5) is 9.86. The zero-order valence-electron chi connectivity index (χ0n) is 7.54. The summed E-state index contributed by atoms with van der Waals surface area (Å²) in [5.41, 5.74) is 1.14. The first kappa shape index (κ1) is 9.58. The summed E-state index contributed by atoms with van der Waals surface area (Å²) in [5, 5.41) is 2.49. The molecule has 1 amide bonds. The lowest BCUT2D eigenvalue weighted by Gasteiger charge is -2.03. The highest BCUT2D eigenvalue weighted by atomic mass is 16.5. The van der Waals surface area contributed by atoms with E-state index in [4.69, 9.17) is 4.74 Å². The van der Waals surface area contributed by atoms with Crippen LogP contribution >= 0.6 is 0 Å². The highest BCUT2D eigenvalue weighted by Gasteiger charge is 1.94. The van der Waals surface area contributed by atoms with Gasteiger partial charge in [-0.25, -0.2) is 0 Å². The molecule has 0 atom stereocenters. The molecular formula is C10H12NO2. The minimum absolute atomic E-state index is 0.608. The van der Waals surface area contributed by atoms with Gasteiger partial charge in [0.1, 0.15) is 5.75 Å². The predicted molar refractivity (Wildman–Crippen MR) is 50.4 cm³/mol. The Morgan fingerprint density at radius 1 is 1.54 bits per heavy atom. The van der Waals surface area contributed by atoms with E-state index < -0.39 is 0 Å². The lowest BCUT2D eigenvalue weighted by molar-refractivity contribution is 0.414. The van der Waals surface area contributed by atoms with Gasteiger partial charge in [0.25, 0.3) is 0 Å². The quantitative estimate of drug-likeness (QED) is 0.537. The summed E-state index contributed by atoms with van der Waals surface area (Å²) >= 11 is 0. The maximum absolute atomic E-state index is 9.86. The molecule has 69 valence electrons. The maximum Gasteiger partial charge on any atom is 0.309 e. The first-order valence-corrected chi connectivity index (χ1v) is 4.09. The fourth-order valence-electron chi connectivity index (χ4n) is 1.09. The Morgan fingerprint density at radius 3 is 3.08 bits per heavy atom. The first-order chi connectivity index (χ1) is 6.36. The molecule has 0 bridgehead atoms. The zero-order valence-corrected chi connectivity index (χ0v) is 7.54. The van der Waals surface area contributed by atoms with Crippen molar-refractivity contribution in [3.63, 3.8) is 0 Å². The molecule has 1 rings (SSSR count). The third-order valence-electron chi connectivity index (χ3n) is 1.74. The molecule has 1 aromatic rings. The molecule has 1 radical (unpaired) electrons. The number of hydrogen-bond donors (Lipinski definition) is 1. The van der Waals surface area contributed by atoms with Crippen LogP contribution in [0.15, 0.2) is 24.3 Å². The number of benzene rings is 1. The third-order valence-corrected chi connectivity index (χ3v) is 1.74. The molecule has 0 saturated carbocycles. The van der Waals surface area contributed by atoms with Gasteiger partial charge in [-0.2, -0.15) is 0 Å².